The summed E-state index contributed by atoms with van der Waals surface area (Å²) in [4.78, 5) is 0. The van der Waals surface area contributed by atoms with Gasteiger partial charge in [0.2, 0.25) is 0 Å². The zero-order chi connectivity index (χ0) is 7.84. The molecule has 0 saturated carbocycles. The molecule has 0 radical (unpaired) electrons. The summed E-state index contributed by atoms with van der Waals surface area (Å²) in [6.07, 6.45) is 8.88. The van der Waals surface area contributed by atoms with Crippen molar-refractivity contribution in [2.45, 2.75) is 33.1 Å². The number of hydrogen-bond donors (Lipinski definition) is 0. The van der Waals surface area contributed by atoms with Gasteiger partial charge in [-0.3, -0.25) is 0 Å². The van der Waals surface area contributed by atoms with Crippen LogP contribution in [0.25, 0.3) is 0 Å². The lowest BCUT2D eigenvalue weighted by Crippen LogP contribution is -1.93. The Bertz CT molecular complexity index is 198. The summed E-state index contributed by atoms with van der Waals surface area (Å²) in [5.41, 5.74) is 3.28. The fourth-order valence-corrected chi connectivity index (χ4v) is 2.30. The van der Waals surface area contributed by atoms with Crippen LogP contribution in [0.2, 0.25) is 0 Å². The molecular formula is C11H16. The van der Waals surface area contributed by atoms with Crippen molar-refractivity contribution in [3.05, 3.63) is 23.3 Å². The SMILES string of the molecule is CC1=C(C)CC2C=CC(C1)C2. The lowest BCUT2D eigenvalue weighted by molar-refractivity contribution is 0.539. The van der Waals surface area contributed by atoms with Crippen LogP contribution >= 0.6 is 0 Å². The van der Waals surface area contributed by atoms with Gasteiger partial charge in [0.1, 0.15) is 0 Å². The maximum atomic E-state index is 2.42. The van der Waals surface area contributed by atoms with Gasteiger partial charge in [-0.15, -0.1) is 0 Å². The summed E-state index contributed by atoms with van der Waals surface area (Å²) in [5.74, 6) is 1.75. The van der Waals surface area contributed by atoms with E-state index in [0.29, 0.717) is 0 Å². The van der Waals surface area contributed by atoms with Crippen molar-refractivity contribution in [1.29, 1.82) is 0 Å². The van der Waals surface area contributed by atoms with E-state index >= 15 is 0 Å². The molecule has 0 aromatic heterocycles. The second-order valence-corrected chi connectivity index (χ2v) is 4.11. The number of allylic oxidation sites excluding steroid dienone is 4. The second-order valence-electron chi connectivity index (χ2n) is 4.11. The highest BCUT2D eigenvalue weighted by Gasteiger charge is 2.23. The van der Waals surface area contributed by atoms with Gasteiger partial charge in [0.05, 0.1) is 0 Å². The van der Waals surface area contributed by atoms with Crippen molar-refractivity contribution in [1.82, 2.24) is 0 Å². The summed E-state index contributed by atoms with van der Waals surface area (Å²) < 4.78 is 0. The van der Waals surface area contributed by atoms with E-state index in [-0.39, 0.29) is 0 Å². The fourth-order valence-electron chi connectivity index (χ4n) is 2.30. The van der Waals surface area contributed by atoms with Crippen molar-refractivity contribution < 1.29 is 0 Å². The number of rotatable bonds is 0. The molecule has 0 nitrogen and oxygen atoms in total. The van der Waals surface area contributed by atoms with Gasteiger partial charge in [-0.25, -0.2) is 0 Å². The first-order valence-electron chi connectivity index (χ1n) is 4.59. The molecule has 2 aliphatic rings. The van der Waals surface area contributed by atoms with Crippen LogP contribution in [0.1, 0.15) is 33.1 Å². The summed E-state index contributed by atoms with van der Waals surface area (Å²) in [7, 11) is 0. The summed E-state index contributed by atoms with van der Waals surface area (Å²) in [6, 6.07) is 0. The largest absolute Gasteiger partial charge is 0.0848 e. The van der Waals surface area contributed by atoms with E-state index in [9.17, 15) is 0 Å². The zero-order valence-corrected chi connectivity index (χ0v) is 7.43. The maximum Gasteiger partial charge on any atom is -0.0190 e. The lowest BCUT2D eigenvalue weighted by Gasteiger charge is -2.07. The molecule has 0 saturated heterocycles. The van der Waals surface area contributed by atoms with E-state index in [1.807, 2.05) is 0 Å². The summed E-state index contributed by atoms with van der Waals surface area (Å²) in [6.45, 7) is 4.59. The molecule has 2 unspecified atom stereocenters. The molecule has 2 atom stereocenters. The molecule has 11 heavy (non-hydrogen) atoms. The first-order valence-corrected chi connectivity index (χ1v) is 4.59. The Balaban J connectivity index is 2.23. The van der Waals surface area contributed by atoms with Crippen molar-refractivity contribution in [2.24, 2.45) is 11.8 Å². The maximum absolute atomic E-state index is 2.42. The van der Waals surface area contributed by atoms with E-state index in [4.69, 9.17) is 0 Å². The molecule has 0 aromatic carbocycles. The van der Waals surface area contributed by atoms with Crippen molar-refractivity contribution in [3.63, 3.8) is 0 Å². The van der Waals surface area contributed by atoms with Crippen LogP contribution in [0.15, 0.2) is 23.3 Å². The third kappa shape index (κ3) is 1.26. The van der Waals surface area contributed by atoms with E-state index in [0.717, 1.165) is 11.8 Å². The van der Waals surface area contributed by atoms with Crippen molar-refractivity contribution in [2.75, 3.05) is 0 Å². The van der Waals surface area contributed by atoms with E-state index in [2.05, 4.69) is 26.0 Å². The van der Waals surface area contributed by atoms with E-state index in [1.54, 1.807) is 11.1 Å². The minimum Gasteiger partial charge on any atom is -0.0848 e. The lowest BCUT2D eigenvalue weighted by atomic mass is 9.99. The third-order valence-corrected chi connectivity index (χ3v) is 3.13. The normalized spacial score (nSPS) is 36.2. The van der Waals surface area contributed by atoms with Gasteiger partial charge in [-0.1, -0.05) is 23.3 Å². The predicted octanol–water partition coefficient (Wildman–Crippen LogP) is 3.31. The molecule has 0 aromatic rings. The minimum absolute atomic E-state index is 0.873. The molecule has 2 bridgehead atoms. The molecular weight excluding hydrogens is 132 g/mol. The highest BCUT2D eigenvalue weighted by atomic mass is 14.3. The summed E-state index contributed by atoms with van der Waals surface area (Å²) in [5, 5.41) is 0. The van der Waals surface area contributed by atoms with Crippen LogP contribution in [0, 0.1) is 11.8 Å². The molecule has 0 N–H and O–H groups in total. The molecule has 2 rings (SSSR count). The first-order chi connectivity index (χ1) is 5.25. The van der Waals surface area contributed by atoms with Gasteiger partial charge in [0.25, 0.3) is 0 Å². The van der Waals surface area contributed by atoms with Crippen LogP contribution in [0.3, 0.4) is 0 Å². The molecule has 0 amide bonds. The highest BCUT2D eigenvalue weighted by Crippen LogP contribution is 2.37. The monoisotopic (exact) mass is 148 g/mol. The molecule has 2 aliphatic carbocycles. The van der Waals surface area contributed by atoms with Crippen molar-refractivity contribution >= 4 is 0 Å². The van der Waals surface area contributed by atoms with Crippen LogP contribution in [-0.2, 0) is 0 Å². The van der Waals surface area contributed by atoms with Gasteiger partial charge < -0.3 is 0 Å². The fraction of sp³-hybridized carbons (Fsp3) is 0.636. The highest BCUT2D eigenvalue weighted by molar-refractivity contribution is 5.20. The smallest absolute Gasteiger partial charge is 0.0190 e. The molecule has 0 fully saturated rings. The van der Waals surface area contributed by atoms with Gasteiger partial charge in [-0.05, 0) is 44.9 Å². The van der Waals surface area contributed by atoms with Crippen LogP contribution in [-0.4, -0.2) is 0 Å². The Morgan fingerprint density at radius 3 is 1.91 bits per heavy atom. The molecule has 60 valence electrons. The Hall–Kier alpha value is -0.520. The first kappa shape index (κ1) is 7.15. The second kappa shape index (κ2) is 2.51. The minimum atomic E-state index is 0.873. The molecule has 0 heterocycles. The van der Waals surface area contributed by atoms with Gasteiger partial charge in [-0.2, -0.15) is 0 Å². The van der Waals surface area contributed by atoms with E-state index in [1.165, 1.54) is 19.3 Å². The Morgan fingerprint density at radius 2 is 1.45 bits per heavy atom. The quantitative estimate of drug-likeness (QED) is 0.462. The Kier molecular flexibility index (Phi) is 1.63. The van der Waals surface area contributed by atoms with Gasteiger partial charge in [0, 0.05) is 0 Å². The zero-order valence-electron chi connectivity index (χ0n) is 7.43. The standard InChI is InChI=1S/C11H16/c1-8-5-10-3-4-11(7-10)6-9(8)2/h3-4,10-11H,5-7H2,1-2H3. The average Bonchev–Trinajstić information content (AvgIpc) is 2.30. The molecule has 0 aliphatic heterocycles. The molecule has 0 spiro atoms. The van der Waals surface area contributed by atoms with Crippen LogP contribution in [0.4, 0.5) is 0 Å². The van der Waals surface area contributed by atoms with Crippen LogP contribution < -0.4 is 0 Å². The number of hydrogen-bond acceptors (Lipinski definition) is 0. The molecule has 0 heteroatoms. The third-order valence-electron chi connectivity index (χ3n) is 3.13. The van der Waals surface area contributed by atoms with Gasteiger partial charge in [0.15, 0.2) is 0 Å². The number of fused-ring (bicyclic) bond motifs is 2. The predicted molar refractivity (Wildman–Crippen MR) is 48.3 cm³/mol. The Labute approximate surface area is 69.0 Å². The average molecular weight is 148 g/mol. The Morgan fingerprint density at radius 1 is 1.00 bits per heavy atom. The topological polar surface area (TPSA) is 0 Å². The van der Waals surface area contributed by atoms with E-state index < -0.39 is 0 Å². The summed E-state index contributed by atoms with van der Waals surface area (Å²) >= 11 is 0. The van der Waals surface area contributed by atoms with Gasteiger partial charge >= 0.3 is 0 Å². The van der Waals surface area contributed by atoms with Crippen LogP contribution in [0.5, 0.6) is 0 Å². The van der Waals surface area contributed by atoms with Crippen molar-refractivity contribution in [3.8, 4) is 0 Å².